The number of nitro benzene ring substituents is 1. The van der Waals surface area contributed by atoms with Crippen LogP contribution in [0.5, 0.6) is 0 Å². The molecule has 0 atom stereocenters. The Hall–Kier alpha value is -3.55. The number of ketones is 1. The monoisotopic (exact) mass is 325 g/mol. The predicted octanol–water partition coefficient (Wildman–Crippen LogP) is 1.42. The van der Waals surface area contributed by atoms with Crippen LogP contribution in [0.1, 0.15) is 26.3 Å². The number of carbonyl (C=O) groups excluding carboxylic acids is 3. The fraction of sp³-hybridized carbons (Fsp3) is 0.0625. The van der Waals surface area contributed by atoms with Crippen molar-refractivity contribution in [2.75, 3.05) is 4.90 Å². The average molecular weight is 325 g/mol. The molecule has 1 aliphatic heterocycles. The molecule has 3 rings (SSSR count). The lowest BCUT2D eigenvalue weighted by Gasteiger charge is -2.16. The summed E-state index contributed by atoms with van der Waals surface area (Å²) in [5, 5.41) is 11.1. The Balaban J connectivity index is 2.03. The number of carbonyl (C=O) groups is 3. The van der Waals surface area contributed by atoms with Gasteiger partial charge in [0.2, 0.25) is 5.91 Å². The van der Waals surface area contributed by atoms with Crippen LogP contribution in [0.15, 0.2) is 42.5 Å². The Kier molecular flexibility index (Phi) is 3.57. The van der Waals surface area contributed by atoms with Gasteiger partial charge in [0.05, 0.1) is 22.7 Å². The zero-order valence-electron chi connectivity index (χ0n) is 12.3. The summed E-state index contributed by atoms with van der Waals surface area (Å²) in [5.41, 5.74) is 5.82. The largest absolute Gasteiger partial charge is 0.366 e. The van der Waals surface area contributed by atoms with Crippen molar-refractivity contribution in [3.8, 4) is 0 Å². The van der Waals surface area contributed by atoms with Crippen LogP contribution in [0, 0.1) is 10.1 Å². The van der Waals surface area contributed by atoms with E-state index >= 15 is 0 Å². The van der Waals surface area contributed by atoms with Crippen LogP contribution in [0.4, 0.5) is 11.4 Å². The lowest BCUT2D eigenvalue weighted by Crippen LogP contribution is -2.29. The first kappa shape index (κ1) is 15.3. The van der Waals surface area contributed by atoms with Gasteiger partial charge in [-0.2, -0.15) is 0 Å². The third-order valence-corrected chi connectivity index (χ3v) is 3.77. The van der Waals surface area contributed by atoms with Crippen LogP contribution in [0.25, 0.3) is 0 Å². The van der Waals surface area contributed by atoms with Crippen molar-refractivity contribution in [1.82, 2.24) is 0 Å². The number of nitro groups is 1. The van der Waals surface area contributed by atoms with Gasteiger partial charge < -0.3 is 10.6 Å². The quantitative estimate of drug-likeness (QED) is 0.517. The van der Waals surface area contributed by atoms with Crippen LogP contribution in [-0.4, -0.2) is 22.5 Å². The molecule has 0 spiro atoms. The predicted molar refractivity (Wildman–Crippen MR) is 83.6 cm³/mol. The maximum atomic E-state index is 12.2. The number of rotatable bonds is 4. The second-order valence-corrected chi connectivity index (χ2v) is 5.20. The number of para-hydroxylation sites is 1. The average Bonchev–Trinajstić information content (AvgIpc) is 2.80. The summed E-state index contributed by atoms with van der Waals surface area (Å²) in [7, 11) is 0. The first-order valence-corrected chi connectivity index (χ1v) is 6.92. The van der Waals surface area contributed by atoms with E-state index in [0.29, 0.717) is 11.3 Å². The number of Topliss-reactive ketones (excluding diaryl/α,β-unsaturated/α-hetero) is 1. The maximum absolute atomic E-state index is 12.2. The minimum atomic E-state index is -0.801. The number of anilines is 1. The van der Waals surface area contributed by atoms with E-state index in [2.05, 4.69) is 0 Å². The molecule has 2 amide bonds. The van der Waals surface area contributed by atoms with Gasteiger partial charge in [0, 0.05) is 17.2 Å². The zero-order chi connectivity index (χ0) is 17.4. The highest BCUT2D eigenvalue weighted by Crippen LogP contribution is 2.32. The minimum absolute atomic E-state index is 0.0647. The Bertz CT molecular complexity index is 906. The molecule has 8 nitrogen and oxygen atoms in total. The number of fused-ring (bicyclic) bond motifs is 1. The Labute approximate surface area is 135 Å². The van der Waals surface area contributed by atoms with Crippen LogP contribution in [0.2, 0.25) is 0 Å². The summed E-state index contributed by atoms with van der Waals surface area (Å²) in [6, 6.07) is 10.1. The van der Waals surface area contributed by atoms with Crippen molar-refractivity contribution in [1.29, 1.82) is 0 Å². The third kappa shape index (κ3) is 2.39. The van der Waals surface area contributed by atoms with Gasteiger partial charge in [0.15, 0.2) is 0 Å². The lowest BCUT2D eigenvalue weighted by atomic mass is 10.1. The van der Waals surface area contributed by atoms with Gasteiger partial charge in [0.1, 0.15) is 0 Å². The highest BCUT2D eigenvalue weighted by Gasteiger charge is 2.37. The van der Waals surface area contributed by atoms with Gasteiger partial charge in [-0.15, -0.1) is 0 Å². The number of amides is 2. The van der Waals surface area contributed by atoms with E-state index in [1.807, 2.05) is 0 Å². The molecule has 0 unspecified atom stereocenters. The minimum Gasteiger partial charge on any atom is -0.366 e. The van der Waals surface area contributed by atoms with E-state index in [0.717, 1.165) is 4.90 Å². The van der Waals surface area contributed by atoms with Gasteiger partial charge in [-0.25, -0.2) is 0 Å². The van der Waals surface area contributed by atoms with Crippen LogP contribution >= 0.6 is 0 Å². The molecule has 2 aromatic rings. The molecule has 0 saturated carbocycles. The molecule has 0 fully saturated rings. The van der Waals surface area contributed by atoms with Crippen molar-refractivity contribution in [2.45, 2.75) is 6.54 Å². The fourth-order valence-electron chi connectivity index (χ4n) is 2.60. The number of hydrogen-bond acceptors (Lipinski definition) is 5. The molecule has 120 valence electrons. The molecular formula is C16H11N3O5. The molecule has 1 aliphatic rings. The van der Waals surface area contributed by atoms with Crippen molar-refractivity contribution >= 4 is 29.0 Å². The van der Waals surface area contributed by atoms with Crippen molar-refractivity contribution < 1.29 is 19.3 Å². The molecule has 2 N–H and O–H groups in total. The maximum Gasteiger partial charge on any atom is 0.299 e. The Morgan fingerprint density at radius 2 is 1.88 bits per heavy atom. The van der Waals surface area contributed by atoms with Gasteiger partial charge >= 0.3 is 0 Å². The summed E-state index contributed by atoms with van der Waals surface area (Å²) in [6.45, 7) is -0.120. The van der Waals surface area contributed by atoms with E-state index in [-0.39, 0.29) is 23.4 Å². The summed E-state index contributed by atoms with van der Waals surface area (Å²) >= 11 is 0. The fourth-order valence-corrected chi connectivity index (χ4v) is 2.60. The molecule has 0 radical (unpaired) electrons. The molecular weight excluding hydrogens is 314 g/mol. The number of primary amides is 1. The van der Waals surface area contributed by atoms with E-state index in [1.165, 1.54) is 36.4 Å². The number of nitrogens with zero attached hydrogens (tertiary/aromatic N) is 2. The van der Waals surface area contributed by atoms with E-state index in [4.69, 9.17) is 5.73 Å². The van der Waals surface area contributed by atoms with Crippen LogP contribution in [-0.2, 0) is 11.3 Å². The molecule has 24 heavy (non-hydrogen) atoms. The highest BCUT2D eigenvalue weighted by molar-refractivity contribution is 6.52. The van der Waals surface area contributed by atoms with Crippen molar-refractivity contribution in [2.24, 2.45) is 5.73 Å². The van der Waals surface area contributed by atoms with E-state index in [1.54, 1.807) is 6.07 Å². The first-order valence-electron chi connectivity index (χ1n) is 6.92. The molecule has 8 heteroatoms. The highest BCUT2D eigenvalue weighted by atomic mass is 16.6. The molecule has 0 bridgehead atoms. The molecule has 0 aromatic heterocycles. The van der Waals surface area contributed by atoms with Crippen molar-refractivity contribution in [3.05, 3.63) is 69.3 Å². The second-order valence-electron chi connectivity index (χ2n) is 5.20. The molecule has 0 aliphatic carbocycles. The summed E-state index contributed by atoms with van der Waals surface area (Å²) in [6.07, 6.45) is 0. The van der Waals surface area contributed by atoms with Gasteiger partial charge in [-0.1, -0.05) is 18.2 Å². The number of nitrogens with two attached hydrogens (primary N) is 1. The van der Waals surface area contributed by atoms with Crippen LogP contribution < -0.4 is 10.6 Å². The van der Waals surface area contributed by atoms with Gasteiger partial charge in [-0.3, -0.25) is 24.5 Å². The van der Waals surface area contributed by atoms with E-state index < -0.39 is 22.5 Å². The second kappa shape index (κ2) is 5.58. The summed E-state index contributed by atoms with van der Waals surface area (Å²) < 4.78 is 0. The lowest BCUT2D eigenvalue weighted by molar-refractivity contribution is -0.385. The standard InChI is InChI=1S/C16H11N3O5/c17-15(21)9-5-6-13-11(7-9)14(20)16(22)18(13)8-10-3-1-2-4-12(10)19(23)24/h1-7H,8H2,(H2,17,21). The Morgan fingerprint density at radius 1 is 1.17 bits per heavy atom. The SMILES string of the molecule is NC(=O)c1ccc2c(c1)C(=O)C(=O)N2Cc1ccccc1[N+](=O)[O-]. The molecule has 0 saturated heterocycles. The third-order valence-electron chi connectivity index (χ3n) is 3.77. The first-order chi connectivity index (χ1) is 11.4. The summed E-state index contributed by atoms with van der Waals surface area (Å²) in [4.78, 5) is 47.3. The molecule has 1 heterocycles. The summed E-state index contributed by atoms with van der Waals surface area (Å²) in [5.74, 6) is -2.29. The Morgan fingerprint density at radius 3 is 2.54 bits per heavy atom. The normalized spacial score (nSPS) is 13.1. The van der Waals surface area contributed by atoms with Gasteiger partial charge in [-0.05, 0) is 18.2 Å². The smallest absolute Gasteiger partial charge is 0.299 e. The van der Waals surface area contributed by atoms with E-state index in [9.17, 15) is 24.5 Å². The van der Waals surface area contributed by atoms with Gasteiger partial charge in [0.25, 0.3) is 17.4 Å². The number of hydrogen-bond donors (Lipinski definition) is 1. The topological polar surface area (TPSA) is 124 Å². The molecule has 2 aromatic carbocycles. The van der Waals surface area contributed by atoms with Crippen LogP contribution in [0.3, 0.4) is 0 Å². The van der Waals surface area contributed by atoms with Crippen molar-refractivity contribution in [3.63, 3.8) is 0 Å². The zero-order valence-corrected chi connectivity index (χ0v) is 12.3. The number of benzene rings is 2.